The molecule has 2 atom stereocenters. The summed E-state index contributed by atoms with van der Waals surface area (Å²) in [6.07, 6.45) is 3.05. The summed E-state index contributed by atoms with van der Waals surface area (Å²) in [7, 11) is -3.82. The minimum absolute atomic E-state index is 0.339. The standard InChI is InChI=1S/C18H26BrClN2O3S3/c1-16(2,3)27(23)22-17(4,15-13(20)10-14(19)26-15)12-28(24,25)18(11-21)8-6-5-7-9-18/h10,22H,5-9,12H2,1-4H3/t17-,27?/m0/s1. The summed E-state index contributed by atoms with van der Waals surface area (Å²) in [6.45, 7) is 7.14. The zero-order chi connectivity index (χ0) is 21.4. The van der Waals surface area contributed by atoms with Gasteiger partial charge < -0.3 is 4.55 Å². The van der Waals surface area contributed by atoms with Crippen molar-refractivity contribution in [3.8, 4) is 6.07 Å². The molecule has 0 spiro atoms. The summed E-state index contributed by atoms with van der Waals surface area (Å²) < 4.78 is 41.6. The summed E-state index contributed by atoms with van der Waals surface area (Å²) in [5.74, 6) is -0.345. The summed E-state index contributed by atoms with van der Waals surface area (Å²) >= 11 is 9.56. The molecule has 1 aromatic rings. The average Bonchev–Trinajstić information content (AvgIpc) is 2.93. The fraction of sp³-hybridized carbons (Fsp3) is 0.722. The number of rotatable bonds is 6. The Balaban J connectivity index is 2.50. The van der Waals surface area contributed by atoms with Gasteiger partial charge in [-0.3, -0.25) is 0 Å². The molecular weight excluding hydrogens is 504 g/mol. The molecule has 1 heterocycles. The minimum Gasteiger partial charge on any atom is -0.598 e. The van der Waals surface area contributed by atoms with Gasteiger partial charge in [-0.1, -0.05) is 30.9 Å². The molecule has 0 bridgehead atoms. The summed E-state index contributed by atoms with van der Waals surface area (Å²) in [6, 6.07) is 3.81. The highest BCUT2D eigenvalue weighted by Gasteiger charge is 2.51. The highest BCUT2D eigenvalue weighted by molar-refractivity contribution is 9.11. The third-order valence-corrected chi connectivity index (χ3v) is 11.7. The van der Waals surface area contributed by atoms with Crippen LogP contribution in [0.15, 0.2) is 9.85 Å². The molecule has 0 saturated heterocycles. The molecule has 5 nitrogen and oxygen atoms in total. The van der Waals surface area contributed by atoms with E-state index in [0.29, 0.717) is 22.7 Å². The predicted octanol–water partition coefficient (Wildman–Crippen LogP) is 5.07. The molecule has 2 rings (SSSR count). The number of nitrogens with one attached hydrogen (secondary N) is 1. The first-order valence-electron chi connectivity index (χ1n) is 9.05. The topological polar surface area (TPSA) is 93.0 Å². The number of hydrogen-bond acceptors (Lipinski definition) is 6. The van der Waals surface area contributed by atoms with Gasteiger partial charge in [0.1, 0.15) is 10.3 Å². The van der Waals surface area contributed by atoms with E-state index in [2.05, 4.69) is 26.7 Å². The van der Waals surface area contributed by atoms with E-state index in [1.807, 2.05) is 20.8 Å². The number of thiophene rings is 1. The quantitative estimate of drug-likeness (QED) is 0.519. The van der Waals surface area contributed by atoms with Crippen LogP contribution in [0.25, 0.3) is 0 Å². The first kappa shape index (κ1) is 24.4. The van der Waals surface area contributed by atoms with Gasteiger partial charge in [-0.05, 0) is 62.5 Å². The lowest BCUT2D eigenvalue weighted by Gasteiger charge is -2.37. The van der Waals surface area contributed by atoms with Crippen LogP contribution in [0.1, 0.15) is 64.7 Å². The van der Waals surface area contributed by atoms with Gasteiger partial charge in [-0.2, -0.15) is 5.26 Å². The molecule has 0 amide bonds. The van der Waals surface area contributed by atoms with Crippen molar-refractivity contribution in [2.45, 2.75) is 74.8 Å². The smallest absolute Gasteiger partial charge is 0.171 e. The minimum atomic E-state index is -3.82. The highest BCUT2D eigenvalue weighted by Crippen LogP contribution is 2.43. The lowest BCUT2D eigenvalue weighted by Crippen LogP contribution is -2.55. The summed E-state index contributed by atoms with van der Waals surface area (Å²) in [5.41, 5.74) is -1.19. The molecule has 1 aromatic heterocycles. The normalized spacial score (nSPS) is 20.9. The molecule has 1 fully saturated rings. The van der Waals surface area contributed by atoms with E-state index in [1.54, 1.807) is 13.0 Å². The van der Waals surface area contributed by atoms with E-state index in [1.165, 1.54) is 11.3 Å². The van der Waals surface area contributed by atoms with Crippen LogP contribution in [0.3, 0.4) is 0 Å². The molecule has 10 heteroatoms. The van der Waals surface area contributed by atoms with Crippen LogP contribution in [0.4, 0.5) is 0 Å². The number of nitrogens with zero attached hydrogens (tertiary/aromatic N) is 1. The lowest BCUT2D eigenvalue weighted by molar-refractivity contribution is 0.415. The fourth-order valence-corrected chi connectivity index (χ4v) is 9.01. The maximum absolute atomic E-state index is 13.5. The van der Waals surface area contributed by atoms with Crippen LogP contribution in [0.5, 0.6) is 0 Å². The maximum atomic E-state index is 13.5. The van der Waals surface area contributed by atoms with Crippen LogP contribution in [0, 0.1) is 11.3 Å². The zero-order valence-electron chi connectivity index (χ0n) is 16.5. The van der Waals surface area contributed by atoms with Crippen molar-refractivity contribution >= 4 is 60.1 Å². The van der Waals surface area contributed by atoms with Crippen molar-refractivity contribution < 1.29 is 13.0 Å². The molecule has 158 valence electrons. The number of nitriles is 1. The third kappa shape index (κ3) is 5.08. The Morgan fingerprint density at radius 2 is 1.93 bits per heavy atom. The zero-order valence-corrected chi connectivity index (χ0v) is 21.3. The van der Waals surface area contributed by atoms with Crippen molar-refractivity contribution in [2.24, 2.45) is 0 Å². The highest BCUT2D eigenvalue weighted by atomic mass is 79.9. The van der Waals surface area contributed by atoms with Gasteiger partial charge in [0.25, 0.3) is 0 Å². The van der Waals surface area contributed by atoms with Gasteiger partial charge in [0.2, 0.25) is 0 Å². The number of halogens is 2. The molecular formula is C18H26BrClN2O3S3. The molecule has 1 aliphatic rings. The van der Waals surface area contributed by atoms with E-state index in [0.717, 1.165) is 23.0 Å². The Labute approximate surface area is 188 Å². The van der Waals surface area contributed by atoms with Crippen molar-refractivity contribution in [2.75, 3.05) is 5.75 Å². The van der Waals surface area contributed by atoms with E-state index < -0.39 is 36.2 Å². The van der Waals surface area contributed by atoms with Crippen molar-refractivity contribution in [1.29, 1.82) is 5.26 Å². The van der Waals surface area contributed by atoms with Crippen molar-refractivity contribution in [1.82, 2.24) is 4.72 Å². The SMILES string of the molecule is CC(C)(C)[S+]([O-])N[C@@](C)(CS(=O)(=O)C1(C#N)CCCCC1)c1sc(Br)cc1Cl. The van der Waals surface area contributed by atoms with Gasteiger partial charge >= 0.3 is 0 Å². The number of hydrogen-bond donors (Lipinski definition) is 1. The van der Waals surface area contributed by atoms with E-state index in [4.69, 9.17) is 11.6 Å². The van der Waals surface area contributed by atoms with Crippen molar-refractivity contribution in [3.05, 3.63) is 19.8 Å². The first-order chi connectivity index (χ1) is 12.8. The van der Waals surface area contributed by atoms with Gasteiger partial charge in [-0.15, -0.1) is 16.1 Å². The monoisotopic (exact) mass is 528 g/mol. The molecule has 0 radical (unpaired) electrons. The van der Waals surface area contributed by atoms with E-state index in [9.17, 15) is 18.2 Å². The molecule has 1 N–H and O–H groups in total. The lowest BCUT2D eigenvalue weighted by atomic mass is 9.89. The number of sulfone groups is 1. The first-order valence-corrected chi connectivity index (χ1v) is 13.8. The van der Waals surface area contributed by atoms with E-state index in [-0.39, 0.29) is 5.75 Å². The van der Waals surface area contributed by atoms with Crippen LogP contribution in [-0.4, -0.2) is 28.2 Å². The van der Waals surface area contributed by atoms with E-state index >= 15 is 0 Å². The third-order valence-electron chi connectivity index (χ3n) is 4.97. The molecule has 1 saturated carbocycles. The molecule has 28 heavy (non-hydrogen) atoms. The van der Waals surface area contributed by atoms with Crippen LogP contribution >= 0.6 is 38.9 Å². The Morgan fingerprint density at radius 1 is 1.36 bits per heavy atom. The second-order valence-electron chi connectivity index (χ2n) is 8.47. The summed E-state index contributed by atoms with van der Waals surface area (Å²) in [5, 5.41) is 10.2. The Hall–Kier alpha value is 0.180. The van der Waals surface area contributed by atoms with Crippen LogP contribution < -0.4 is 4.72 Å². The fourth-order valence-electron chi connectivity index (χ4n) is 3.35. The molecule has 1 aliphatic carbocycles. The van der Waals surface area contributed by atoms with Gasteiger partial charge in [0, 0.05) is 16.2 Å². The maximum Gasteiger partial charge on any atom is 0.171 e. The second kappa shape index (κ2) is 8.74. The largest absolute Gasteiger partial charge is 0.598 e. The van der Waals surface area contributed by atoms with Crippen LogP contribution in [0.2, 0.25) is 5.02 Å². The average molecular weight is 530 g/mol. The molecule has 0 aliphatic heterocycles. The molecule has 0 aromatic carbocycles. The Morgan fingerprint density at radius 3 is 2.36 bits per heavy atom. The van der Waals surface area contributed by atoms with Crippen LogP contribution in [-0.2, 0) is 26.7 Å². The van der Waals surface area contributed by atoms with Crippen molar-refractivity contribution in [3.63, 3.8) is 0 Å². The molecule has 1 unspecified atom stereocenters. The summed E-state index contributed by atoms with van der Waals surface area (Å²) in [4.78, 5) is 0.589. The second-order valence-corrected chi connectivity index (χ2v) is 15.6. The van der Waals surface area contributed by atoms with Gasteiger partial charge in [0.15, 0.2) is 14.6 Å². The van der Waals surface area contributed by atoms with Gasteiger partial charge in [-0.25, -0.2) is 8.42 Å². The Kier molecular flexibility index (Phi) is 7.63. The Bertz CT molecular complexity index is 854. The predicted molar refractivity (Wildman–Crippen MR) is 121 cm³/mol. The van der Waals surface area contributed by atoms with Gasteiger partial charge in [0.05, 0.1) is 20.6 Å².